The smallest absolute Gasteiger partial charge is 0.103 e. The van der Waals surface area contributed by atoms with Crippen molar-refractivity contribution in [1.82, 2.24) is 20.3 Å². The summed E-state index contributed by atoms with van der Waals surface area (Å²) in [5.74, 6) is 0. The van der Waals surface area contributed by atoms with Crippen LogP contribution in [0.4, 0.5) is 0 Å². The Labute approximate surface area is 139 Å². The van der Waals surface area contributed by atoms with E-state index in [1.807, 2.05) is 22.9 Å². The van der Waals surface area contributed by atoms with Gasteiger partial charge in [-0.05, 0) is 53.5 Å². The largest absolute Gasteiger partial charge is 0.309 e. The molecule has 1 aromatic carbocycles. The number of hydrogen-bond acceptors (Lipinski definition) is 3. The van der Waals surface area contributed by atoms with E-state index in [1.165, 1.54) is 0 Å². The average molecular weight is 372 g/mol. The summed E-state index contributed by atoms with van der Waals surface area (Å²) in [5, 5.41) is 12.9. The van der Waals surface area contributed by atoms with Crippen molar-refractivity contribution in [3.05, 3.63) is 39.1 Å². The first-order chi connectivity index (χ1) is 10.1. The molecule has 1 heterocycles. The van der Waals surface area contributed by atoms with Gasteiger partial charge in [0, 0.05) is 4.47 Å². The predicted octanol–water partition coefficient (Wildman–Crippen LogP) is 4.31. The van der Waals surface area contributed by atoms with Gasteiger partial charge in [0.2, 0.25) is 0 Å². The van der Waals surface area contributed by atoms with Crippen LogP contribution in [-0.4, -0.2) is 21.5 Å². The molecule has 0 spiro atoms. The van der Waals surface area contributed by atoms with Crippen LogP contribution in [0.2, 0.25) is 5.02 Å². The molecule has 0 radical (unpaired) electrons. The number of rotatable bonds is 6. The molecule has 0 fully saturated rings. The zero-order valence-electron chi connectivity index (χ0n) is 12.5. The quantitative estimate of drug-likeness (QED) is 0.823. The Kier molecular flexibility index (Phi) is 5.79. The van der Waals surface area contributed by atoms with Gasteiger partial charge >= 0.3 is 0 Å². The summed E-state index contributed by atoms with van der Waals surface area (Å²) in [6.45, 7) is 7.31. The van der Waals surface area contributed by atoms with E-state index >= 15 is 0 Å². The van der Waals surface area contributed by atoms with E-state index in [0.29, 0.717) is 5.02 Å². The Morgan fingerprint density at radius 1 is 1.33 bits per heavy atom. The van der Waals surface area contributed by atoms with Crippen molar-refractivity contribution in [2.75, 3.05) is 6.54 Å². The highest BCUT2D eigenvalue weighted by atomic mass is 79.9. The minimum absolute atomic E-state index is 0.245. The van der Waals surface area contributed by atoms with Gasteiger partial charge in [-0.15, -0.1) is 5.10 Å². The molecule has 0 saturated carbocycles. The van der Waals surface area contributed by atoms with Crippen LogP contribution in [0.25, 0.3) is 5.69 Å². The molecule has 2 aromatic rings. The SMILES string of the molecule is CCNC(CC)c1nnn(-c2ccc(Cl)c(Br)c2)c1CC. The van der Waals surface area contributed by atoms with Crippen molar-refractivity contribution in [2.24, 2.45) is 0 Å². The van der Waals surface area contributed by atoms with Crippen molar-refractivity contribution < 1.29 is 0 Å². The van der Waals surface area contributed by atoms with Gasteiger partial charge in [0.05, 0.1) is 22.4 Å². The zero-order chi connectivity index (χ0) is 15.4. The number of nitrogens with one attached hydrogen (secondary N) is 1. The first kappa shape index (κ1) is 16.5. The third kappa shape index (κ3) is 3.47. The van der Waals surface area contributed by atoms with Crippen LogP contribution in [0.15, 0.2) is 22.7 Å². The molecule has 0 aliphatic carbocycles. The van der Waals surface area contributed by atoms with Crippen LogP contribution in [0.3, 0.4) is 0 Å². The van der Waals surface area contributed by atoms with E-state index in [2.05, 4.69) is 52.3 Å². The Bertz CT molecular complexity index is 612. The highest BCUT2D eigenvalue weighted by Crippen LogP contribution is 2.27. The molecule has 0 amide bonds. The van der Waals surface area contributed by atoms with Crippen molar-refractivity contribution in [3.8, 4) is 5.69 Å². The molecule has 0 aliphatic rings. The summed E-state index contributed by atoms with van der Waals surface area (Å²) in [7, 11) is 0. The molecule has 4 nitrogen and oxygen atoms in total. The van der Waals surface area contributed by atoms with Crippen molar-refractivity contribution in [3.63, 3.8) is 0 Å². The Morgan fingerprint density at radius 3 is 2.67 bits per heavy atom. The Morgan fingerprint density at radius 2 is 2.10 bits per heavy atom. The molecule has 0 saturated heterocycles. The summed E-state index contributed by atoms with van der Waals surface area (Å²) in [6.07, 6.45) is 1.87. The molecule has 6 heteroatoms. The number of hydrogen-bond donors (Lipinski definition) is 1. The molecule has 114 valence electrons. The van der Waals surface area contributed by atoms with Crippen LogP contribution >= 0.6 is 27.5 Å². The average Bonchev–Trinajstić information content (AvgIpc) is 2.91. The lowest BCUT2D eigenvalue weighted by Crippen LogP contribution is -2.21. The highest BCUT2D eigenvalue weighted by Gasteiger charge is 2.19. The van der Waals surface area contributed by atoms with Gasteiger partial charge < -0.3 is 5.32 Å². The first-order valence-corrected chi connectivity index (χ1v) is 8.42. The number of nitrogens with zero attached hydrogens (tertiary/aromatic N) is 3. The fourth-order valence-electron chi connectivity index (χ4n) is 2.42. The van der Waals surface area contributed by atoms with E-state index in [1.54, 1.807) is 0 Å². The lowest BCUT2D eigenvalue weighted by molar-refractivity contribution is 0.520. The van der Waals surface area contributed by atoms with Crippen LogP contribution in [0.1, 0.15) is 44.6 Å². The summed E-state index contributed by atoms with van der Waals surface area (Å²) in [6, 6.07) is 6.03. The molecule has 1 N–H and O–H groups in total. The highest BCUT2D eigenvalue weighted by molar-refractivity contribution is 9.10. The summed E-state index contributed by atoms with van der Waals surface area (Å²) >= 11 is 9.52. The molecular weight excluding hydrogens is 352 g/mol. The molecular formula is C15H20BrClN4. The third-order valence-electron chi connectivity index (χ3n) is 3.46. The van der Waals surface area contributed by atoms with E-state index in [-0.39, 0.29) is 6.04 Å². The molecule has 21 heavy (non-hydrogen) atoms. The summed E-state index contributed by atoms with van der Waals surface area (Å²) in [4.78, 5) is 0. The maximum Gasteiger partial charge on any atom is 0.103 e. The minimum atomic E-state index is 0.245. The van der Waals surface area contributed by atoms with Crippen LogP contribution in [0.5, 0.6) is 0 Å². The predicted molar refractivity (Wildman–Crippen MR) is 90.2 cm³/mol. The normalized spacial score (nSPS) is 12.6. The van der Waals surface area contributed by atoms with E-state index in [4.69, 9.17) is 11.6 Å². The van der Waals surface area contributed by atoms with Crippen LogP contribution < -0.4 is 5.32 Å². The van der Waals surface area contributed by atoms with Crippen molar-refractivity contribution in [2.45, 2.75) is 39.7 Å². The molecule has 0 aliphatic heterocycles. The number of aromatic nitrogens is 3. The van der Waals surface area contributed by atoms with Gasteiger partial charge in [-0.25, -0.2) is 4.68 Å². The number of halogens is 2. The first-order valence-electron chi connectivity index (χ1n) is 7.25. The second-order valence-electron chi connectivity index (χ2n) is 4.80. The van der Waals surface area contributed by atoms with Gasteiger partial charge in [-0.2, -0.15) is 0 Å². The van der Waals surface area contributed by atoms with Crippen LogP contribution in [-0.2, 0) is 6.42 Å². The van der Waals surface area contributed by atoms with Gasteiger partial charge in [0.15, 0.2) is 0 Å². The van der Waals surface area contributed by atoms with E-state index < -0.39 is 0 Å². The zero-order valence-corrected chi connectivity index (χ0v) is 14.9. The van der Waals surface area contributed by atoms with Crippen molar-refractivity contribution >= 4 is 27.5 Å². The standard InChI is InChI=1S/C15H20BrClN4/c1-4-13(18-6-3)15-14(5-2)21(20-19-15)10-7-8-12(17)11(16)9-10/h7-9,13,18H,4-6H2,1-3H3. The topological polar surface area (TPSA) is 42.7 Å². The molecule has 1 atom stereocenters. The molecule has 2 rings (SSSR count). The minimum Gasteiger partial charge on any atom is -0.309 e. The number of benzene rings is 1. The third-order valence-corrected chi connectivity index (χ3v) is 4.68. The molecule has 0 bridgehead atoms. The second-order valence-corrected chi connectivity index (χ2v) is 6.07. The van der Waals surface area contributed by atoms with Crippen LogP contribution in [0, 0.1) is 0 Å². The van der Waals surface area contributed by atoms with Crippen molar-refractivity contribution in [1.29, 1.82) is 0 Å². The van der Waals surface area contributed by atoms with Gasteiger partial charge in [-0.3, -0.25) is 0 Å². The molecule has 1 aromatic heterocycles. The fourth-order valence-corrected chi connectivity index (χ4v) is 2.90. The Balaban J connectivity index is 2.45. The maximum atomic E-state index is 6.06. The van der Waals surface area contributed by atoms with Gasteiger partial charge in [0.1, 0.15) is 5.69 Å². The maximum absolute atomic E-state index is 6.06. The summed E-state index contributed by atoms with van der Waals surface area (Å²) < 4.78 is 2.76. The summed E-state index contributed by atoms with van der Waals surface area (Å²) in [5.41, 5.74) is 3.14. The second kappa shape index (κ2) is 7.38. The van der Waals surface area contributed by atoms with Gasteiger partial charge in [0.25, 0.3) is 0 Å². The lowest BCUT2D eigenvalue weighted by Gasteiger charge is -2.15. The Hall–Kier alpha value is -0.910. The van der Waals surface area contributed by atoms with E-state index in [0.717, 1.165) is 40.9 Å². The monoisotopic (exact) mass is 370 g/mol. The van der Waals surface area contributed by atoms with E-state index in [9.17, 15) is 0 Å². The van der Waals surface area contributed by atoms with Gasteiger partial charge in [-0.1, -0.05) is 37.6 Å². The molecule has 1 unspecified atom stereocenters. The fraction of sp³-hybridized carbons (Fsp3) is 0.467. The lowest BCUT2D eigenvalue weighted by atomic mass is 10.1.